The van der Waals surface area contributed by atoms with Crippen LogP contribution in [0.3, 0.4) is 0 Å². The lowest BCUT2D eigenvalue weighted by Gasteiger charge is -1.98. The molecule has 5 nitrogen and oxygen atoms in total. The van der Waals surface area contributed by atoms with Crippen LogP contribution in [-0.4, -0.2) is 20.2 Å². The first kappa shape index (κ1) is 12.3. The van der Waals surface area contributed by atoms with Crippen LogP contribution in [-0.2, 0) is 6.42 Å². The Morgan fingerprint density at radius 2 is 2.10 bits per heavy atom. The molecule has 1 aromatic carbocycles. The number of phenols is 1. The van der Waals surface area contributed by atoms with Crippen LogP contribution in [0.1, 0.15) is 17.0 Å². The van der Waals surface area contributed by atoms with Gasteiger partial charge in [-0.3, -0.25) is 4.98 Å². The first-order valence-corrected chi connectivity index (χ1v) is 6.25. The predicted octanol–water partition coefficient (Wildman–Crippen LogP) is 2.74. The molecule has 0 amide bonds. The van der Waals surface area contributed by atoms with Crippen LogP contribution in [0.5, 0.6) is 5.75 Å². The molecule has 0 radical (unpaired) electrons. The van der Waals surface area contributed by atoms with Gasteiger partial charge in [0.25, 0.3) is 0 Å². The van der Waals surface area contributed by atoms with Gasteiger partial charge in [0.05, 0.1) is 6.42 Å². The van der Waals surface area contributed by atoms with Crippen LogP contribution in [0.2, 0.25) is 0 Å². The quantitative estimate of drug-likeness (QED) is 0.790. The van der Waals surface area contributed by atoms with Crippen molar-refractivity contribution in [2.24, 2.45) is 0 Å². The third-order valence-corrected chi connectivity index (χ3v) is 2.96. The Morgan fingerprint density at radius 3 is 2.90 bits per heavy atom. The molecule has 2 aromatic heterocycles. The van der Waals surface area contributed by atoms with Gasteiger partial charge in [-0.05, 0) is 36.2 Å². The summed E-state index contributed by atoms with van der Waals surface area (Å²) >= 11 is 0. The van der Waals surface area contributed by atoms with Gasteiger partial charge in [-0.2, -0.15) is 4.98 Å². The predicted molar refractivity (Wildman–Crippen MR) is 73.2 cm³/mol. The molecular formula is C15H13N3O2. The molecule has 2 heterocycles. The van der Waals surface area contributed by atoms with E-state index < -0.39 is 0 Å². The average Bonchev–Trinajstić information content (AvgIpc) is 2.87. The van der Waals surface area contributed by atoms with Crippen molar-refractivity contribution in [3.05, 3.63) is 59.6 Å². The number of nitrogens with zero attached hydrogens (tertiary/aromatic N) is 3. The minimum absolute atomic E-state index is 0.225. The van der Waals surface area contributed by atoms with Crippen molar-refractivity contribution >= 4 is 0 Å². The summed E-state index contributed by atoms with van der Waals surface area (Å²) in [6.07, 6.45) is 2.18. The minimum atomic E-state index is 0.225. The van der Waals surface area contributed by atoms with Crippen LogP contribution < -0.4 is 0 Å². The molecule has 0 saturated carbocycles. The lowest BCUT2D eigenvalue weighted by atomic mass is 10.1. The molecule has 0 aliphatic heterocycles. The van der Waals surface area contributed by atoms with E-state index in [4.69, 9.17) is 4.52 Å². The van der Waals surface area contributed by atoms with E-state index in [9.17, 15) is 5.11 Å². The number of aryl methyl sites for hydroxylation is 1. The topological polar surface area (TPSA) is 72.0 Å². The molecule has 20 heavy (non-hydrogen) atoms. The van der Waals surface area contributed by atoms with Crippen LogP contribution in [0.15, 0.2) is 47.1 Å². The molecule has 1 N–H and O–H groups in total. The Kier molecular flexibility index (Phi) is 3.16. The van der Waals surface area contributed by atoms with Crippen LogP contribution in [0, 0.1) is 6.92 Å². The highest BCUT2D eigenvalue weighted by Crippen LogP contribution is 2.19. The zero-order valence-corrected chi connectivity index (χ0v) is 10.9. The lowest BCUT2D eigenvalue weighted by Crippen LogP contribution is -1.91. The standard InChI is InChI=1S/C15H13N3O2/c1-10-4-3-7-16-14(10)15-17-13(20-18-15)9-11-5-2-6-12(19)8-11/h2-8,19H,9H2,1H3. The molecule has 3 aromatic rings. The number of hydrogen-bond donors (Lipinski definition) is 1. The van der Waals surface area contributed by atoms with Crippen molar-refractivity contribution in [3.8, 4) is 17.3 Å². The summed E-state index contributed by atoms with van der Waals surface area (Å²) in [6.45, 7) is 1.95. The van der Waals surface area contributed by atoms with Crippen molar-refractivity contribution in [1.29, 1.82) is 0 Å². The summed E-state index contributed by atoms with van der Waals surface area (Å²) in [7, 11) is 0. The van der Waals surface area contributed by atoms with E-state index in [1.54, 1.807) is 24.4 Å². The zero-order valence-electron chi connectivity index (χ0n) is 10.9. The second-order valence-electron chi connectivity index (χ2n) is 4.53. The first-order chi connectivity index (χ1) is 9.72. The molecule has 0 atom stereocenters. The maximum absolute atomic E-state index is 9.43. The number of aromatic nitrogens is 3. The third-order valence-electron chi connectivity index (χ3n) is 2.96. The second-order valence-corrected chi connectivity index (χ2v) is 4.53. The Balaban J connectivity index is 1.86. The number of benzene rings is 1. The summed E-state index contributed by atoms with van der Waals surface area (Å²) in [5, 5.41) is 13.4. The van der Waals surface area contributed by atoms with Crippen LogP contribution >= 0.6 is 0 Å². The molecule has 0 aliphatic carbocycles. The SMILES string of the molecule is Cc1cccnc1-c1noc(Cc2cccc(O)c2)n1. The normalized spacial score (nSPS) is 10.7. The summed E-state index contributed by atoms with van der Waals surface area (Å²) < 4.78 is 5.24. The van der Waals surface area contributed by atoms with E-state index in [0.717, 1.165) is 16.8 Å². The fourth-order valence-electron chi connectivity index (χ4n) is 1.98. The van der Waals surface area contributed by atoms with Gasteiger partial charge in [-0.1, -0.05) is 23.4 Å². The minimum Gasteiger partial charge on any atom is -0.508 e. The van der Waals surface area contributed by atoms with E-state index >= 15 is 0 Å². The number of hydrogen-bond acceptors (Lipinski definition) is 5. The molecule has 0 unspecified atom stereocenters. The summed E-state index contributed by atoms with van der Waals surface area (Å²) in [6, 6.07) is 10.8. The van der Waals surface area contributed by atoms with Gasteiger partial charge in [0.15, 0.2) is 0 Å². The van der Waals surface area contributed by atoms with Gasteiger partial charge >= 0.3 is 0 Å². The second kappa shape index (κ2) is 5.13. The molecule has 3 rings (SSSR count). The highest BCUT2D eigenvalue weighted by atomic mass is 16.5. The van der Waals surface area contributed by atoms with E-state index in [2.05, 4.69) is 15.1 Å². The molecule has 0 spiro atoms. The average molecular weight is 267 g/mol. The Morgan fingerprint density at radius 1 is 1.20 bits per heavy atom. The monoisotopic (exact) mass is 267 g/mol. The highest BCUT2D eigenvalue weighted by molar-refractivity contribution is 5.53. The number of rotatable bonds is 3. The summed E-state index contributed by atoms with van der Waals surface area (Å²) in [4.78, 5) is 8.60. The van der Waals surface area contributed by atoms with Crippen LogP contribution in [0.4, 0.5) is 0 Å². The smallest absolute Gasteiger partial charge is 0.231 e. The zero-order chi connectivity index (χ0) is 13.9. The lowest BCUT2D eigenvalue weighted by molar-refractivity contribution is 0.385. The molecular weight excluding hydrogens is 254 g/mol. The number of pyridine rings is 1. The molecule has 0 aliphatic rings. The molecule has 0 saturated heterocycles. The fourth-order valence-corrected chi connectivity index (χ4v) is 1.98. The summed E-state index contributed by atoms with van der Waals surface area (Å²) in [5.74, 6) is 1.21. The Bertz CT molecular complexity index is 737. The third kappa shape index (κ3) is 2.51. The van der Waals surface area contributed by atoms with Crippen molar-refractivity contribution in [1.82, 2.24) is 15.1 Å². The maximum atomic E-state index is 9.43. The van der Waals surface area contributed by atoms with Crippen molar-refractivity contribution in [2.75, 3.05) is 0 Å². The molecule has 5 heteroatoms. The van der Waals surface area contributed by atoms with Gasteiger partial charge in [-0.25, -0.2) is 0 Å². The van der Waals surface area contributed by atoms with Crippen molar-refractivity contribution in [3.63, 3.8) is 0 Å². The largest absolute Gasteiger partial charge is 0.508 e. The Labute approximate surface area is 115 Å². The van der Waals surface area contributed by atoms with Gasteiger partial charge in [0.2, 0.25) is 11.7 Å². The van der Waals surface area contributed by atoms with Crippen molar-refractivity contribution < 1.29 is 9.63 Å². The Hall–Kier alpha value is -2.69. The van der Waals surface area contributed by atoms with E-state index in [-0.39, 0.29) is 5.75 Å². The molecule has 100 valence electrons. The van der Waals surface area contributed by atoms with Crippen LogP contribution in [0.25, 0.3) is 11.5 Å². The maximum Gasteiger partial charge on any atom is 0.231 e. The number of aromatic hydroxyl groups is 1. The first-order valence-electron chi connectivity index (χ1n) is 6.25. The molecule has 0 fully saturated rings. The fraction of sp³-hybridized carbons (Fsp3) is 0.133. The van der Waals surface area contributed by atoms with Crippen molar-refractivity contribution in [2.45, 2.75) is 13.3 Å². The summed E-state index contributed by atoms with van der Waals surface area (Å²) in [5.41, 5.74) is 2.63. The van der Waals surface area contributed by atoms with Gasteiger partial charge in [0, 0.05) is 6.20 Å². The van der Waals surface area contributed by atoms with E-state index in [1.165, 1.54) is 0 Å². The van der Waals surface area contributed by atoms with E-state index in [1.807, 2.05) is 25.1 Å². The highest BCUT2D eigenvalue weighted by Gasteiger charge is 2.12. The van der Waals surface area contributed by atoms with Gasteiger partial charge in [0.1, 0.15) is 11.4 Å². The van der Waals surface area contributed by atoms with Gasteiger partial charge < -0.3 is 9.63 Å². The van der Waals surface area contributed by atoms with Gasteiger partial charge in [-0.15, -0.1) is 0 Å². The van der Waals surface area contributed by atoms with E-state index in [0.29, 0.717) is 18.1 Å². The number of phenolic OH excluding ortho intramolecular Hbond substituents is 1. The molecule has 0 bridgehead atoms.